The van der Waals surface area contributed by atoms with Crippen LogP contribution in [-0.4, -0.2) is 24.5 Å². The van der Waals surface area contributed by atoms with Gasteiger partial charge in [-0.25, -0.2) is 0 Å². The Labute approximate surface area is 180 Å². The minimum atomic E-state index is -0.549. The van der Waals surface area contributed by atoms with Crippen LogP contribution in [0.2, 0.25) is 10.0 Å². The first-order chi connectivity index (χ1) is 13.4. The Hall–Kier alpha value is -1.53. The second-order valence-electron chi connectivity index (χ2n) is 7.64. The summed E-state index contributed by atoms with van der Waals surface area (Å²) in [5.41, 5.74) is 1.78. The van der Waals surface area contributed by atoms with Crippen LogP contribution in [0.4, 0.5) is 0 Å². The van der Waals surface area contributed by atoms with Gasteiger partial charge >= 0.3 is 0 Å². The molecule has 0 aliphatic carbocycles. The van der Waals surface area contributed by atoms with Crippen molar-refractivity contribution in [2.24, 2.45) is 5.92 Å². The lowest BCUT2D eigenvalue weighted by molar-refractivity contribution is 0.264. The number of likely N-dealkylation sites (N-methyl/N-ethyl adjacent to an activating group) is 1. The van der Waals surface area contributed by atoms with E-state index >= 15 is 0 Å². The molecule has 0 saturated heterocycles. The largest absolute Gasteiger partial charge is 0.303 e. The van der Waals surface area contributed by atoms with Gasteiger partial charge in [0.25, 0.3) is 0 Å². The van der Waals surface area contributed by atoms with Crippen molar-refractivity contribution < 1.29 is 0 Å². The topological polar surface area (TPSA) is 27.0 Å². The van der Waals surface area contributed by atoms with E-state index in [9.17, 15) is 5.26 Å². The summed E-state index contributed by atoms with van der Waals surface area (Å²) in [7, 11) is 0. The van der Waals surface area contributed by atoms with E-state index in [-0.39, 0.29) is 5.92 Å². The summed E-state index contributed by atoms with van der Waals surface area (Å²) < 4.78 is 0. The van der Waals surface area contributed by atoms with Crippen molar-refractivity contribution in [3.05, 3.63) is 69.7 Å². The van der Waals surface area contributed by atoms with Gasteiger partial charge in [-0.3, -0.25) is 0 Å². The van der Waals surface area contributed by atoms with Crippen LogP contribution in [0, 0.1) is 17.2 Å². The van der Waals surface area contributed by atoms with Crippen molar-refractivity contribution in [2.45, 2.75) is 45.4 Å². The molecule has 0 fully saturated rings. The van der Waals surface area contributed by atoms with Gasteiger partial charge in [0.15, 0.2) is 0 Å². The normalized spacial score (nSPS) is 13.5. The molecule has 0 N–H and O–H groups in total. The lowest BCUT2D eigenvalue weighted by atomic mass is 9.70. The maximum Gasteiger partial charge on any atom is 0.0846 e. The summed E-state index contributed by atoms with van der Waals surface area (Å²) in [6, 6.07) is 18.8. The van der Waals surface area contributed by atoms with Gasteiger partial charge < -0.3 is 4.90 Å². The van der Waals surface area contributed by atoms with Gasteiger partial charge in [0.1, 0.15) is 0 Å². The van der Waals surface area contributed by atoms with Crippen LogP contribution < -0.4 is 0 Å². The fraction of sp³-hybridized carbons (Fsp3) is 0.458. The van der Waals surface area contributed by atoms with Crippen molar-refractivity contribution in [3.63, 3.8) is 0 Å². The fourth-order valence-electron chi connectivity index (χ4n) is 3.73. The summed E-state index contributed by atoms with van der Waals surface area (Å²) in [5, 5.41) is 11.1. The van der Waals surface area contributed by atoms with Crippen LogP contribution in [0.15, 0.2) is 48.5 Å². The van der Waals surface area contributed by atoms with Crippen molar-refractivity contribution >= 4 is 23.2 Å². The Kier molecular flexibility index (Phi) is 8.83. The lowest BCUT2D eigenvalue weighted by Gasteiger charge is -2.32. The zero-order valence-corrected chi connectivity index (χ0v) is 18.6. The first kappa shape index (κ1) is 22.8. The highest BCUT2D eigenvalue weighted by atomic mass is 35.5. The van der Waals surface area contributed by atoms with Gasteiger partial charge in [0, 0.05) is 6.54 Å². The van der Waals surface area contributed by atoms with Crippen LogP contribution in [0.1, 0.15) is 44.7 Å². The zero-order chi connectivity index (χ0) is 20.6. The van der Waals surface area contributed by atoms with E-state index in [4.69, 9.17) is 23.2 Å². The highest BCUT2D eigenvalue weighted by Crippen LogP contribution is 2.39. The predicted molar refractivity (Wildman–Crippen MR) is 120 cm³/mol. The first-order valence-electron chi connectivity index (χ1n) is 10.1. The third kappa shape index (κ3) is 5.74. The number of nitriles is 1. The number of hydrogen-bond acceptors (Lipinski definition) is 2. The molecule has 4 heteroatoms. The molecule has 150 valence electrons. The maximum absolute atomic E-state index is 10.1. The van der Waals surface area contributed by atoms with Gasteiger partial charge in [-0.05, 0) is 61.5 Å². The third-order valence-electron chi connectivity index (χ3n) is 5.67. The molecule has 0 aliphatic heterocycles. The Morgan fingerprint density at radius 3 is 2.32 bits per heavy atom. The van der Waals surface area contributed by atoms with E-state index in [1.165, 1.54) is 5.56 Å². The minimum absolute atomic E-state index is 0.189. The molecule has 2 aromatic rings. The maximum atomic E-state index is 10.1. The molecular weight excluding hydrogens is 387 g/mol. The molecule has 0 spiro atoms. The van der Waals surface area contributed by atoms with Crippen LogP contribution in [0.5, 0.6) is 0 Å². The van der Waals surface area contributed by atoms with Crippen LogP contribution in [-0.2, 0) is 11.8 Å². The summed E-state index contributed by atoms with van der Waals surface area (Å²) in [4.78, 5) is 2.46. The Balaban J connectivity index is 2.02. The van der Waals surface area contributed by atoms with Crippen LogP contribution in [0.3, 0.4) is 0 Å². The molecule has 1 unspecified atom stereocenters. The number of benzene rings is 2. The molecule has 1 atom stereocenters. The molecule has 28 heavy (non-hydrogen) atoms. The zero-order valence-electron chi connectivity index (χ0n) is 17.1. The van der Waals surface area contributed by atoms with Gasteiger partial charge in [-0.2, -0.15) is 5.26 Å². The van der Waals surface area contributed by atoms with Gasteiger partial charge in [-0.1, -0.05) is 80.4 Å². The number of hydrogen-bond donors (Lipinski definition) is 0. The molecular formula is C24H30Cl2N2. The molecule has 2 nitrogen and oxygen atoms in total. The van der Waals surface area contributed by atoms with E-state index in [0.29, 0.717) is 10.0 Å². The average molecular weight is 417 g/mol. The Morgan fingerprint density at radius 1 is 1.04 bits per heavy atom. The summed E-state index contributed by atoms with van der Waals surface area (Å²) in [6.07, 6.45) is 2.82. The highest BCUT2D eigenvalue weighted by molar-refractivity contribution is 6.42. The smallest absolute Gasteiger partial charge is 0.0846 e. The number of nitrogens with zero attached hydrogens (tertiary/aromatic N) is 2. The molecule has 0 saturated carbocycles. The van der Waals surface area contributed by atoms with Crippen molar-refractivity contribution in [1.29, 1.82) is 5.26 Å². The average Bonchev–Trinajstić information content (AvgIpc) is 2.70. The number of halogens is 2. The van der Waals surface area contributed by atoms with E-state index < -0.39 is 5.41 Å². The molecule has 0 amide bonds. The summed E-state index contributed by atoms with van der Waals surface area (Å²) >= 11 is 12.3. The second kappa shape index (κ2) is 10.9. The predicted octanol–water partition coefficient (Wildman–Crippen LogP) is 6.76. The van der Waals surface area contributed by atoms with Gasteiger partial charge in [-0.15, -0.1) is 0 Å². The Bertz CT molecular complexity index is 783. The van der Waals surface area contributed by atoms with E-state index in [2.05, 4.69) is 62.1 Å². The van der Waals surface area contributed by atoms with Gasteiger partial charge in [0.05, 0.1) is 21.5 Å². The van der Waals surface area contributed by atoms with Gasteiger partial charge in [0.2, 0.25) is 0 Å². The van der Waals surface area contributed by atoms with Crippen molar-refractivity contribution in [2.75, 3.05) is 19.6 Å². The second-order valence-corrected chi connectivity index (χ2v) is 8.45. The lowest BCUT2D eigenvalue weighted by Crippen LogP contribution is -2.33. The minimum Gasteiger partial charge on any atom is -0.303 e. The third-order valence-corrected chi connectivity index (χ3v) is 6.41. The van der Waals surface area contributed by atoms with E-state index in [1.54, 1.807) is 6.07 Å². The highest BCUT2D eigenvalue weighted by Gasteiger charge is 2.36. The SMILES string of the molecule is CCN(CCCC(C#N)(c1ccc(Cl)c(Cl)c1)C(C)C)CCc1ccccc1. The van der Waals surface area contributed by atoms with E-state index in [1.807, 2.05) is 12.1 Å². The fourth-order valence-corrected chi connectivity index (χ4v) is 4.03. The molecule has 0 heterocycles. The molecule has 0 aliphatic rings. The van der Waals surface area contributed by atoms with Crippen LogP contribution in [0.25, 0.3) is 0 Å². The molecule has 0 aromatic heterocycles. The van der Waals surface area contributed by atoms with Crippen molar-refractivity contribution in [3.8, 4) is 6.07 Å². The first-order valence-corrected chi connectivity index (χ1v) is 10.8. The van der Waals surface area contributed by atoms with Crippen molar-refractivity contribution in [1.82, 2.24) is 4.90 Å². The molecule has 2 rings (SSSR count). The monoisotopic (exact) mass is 416 g/mol. The molecule has 0 radical (unpaired) electrons. The summed E-state index contributed by atoms with van der Waals surface area (Å²) in [6.45, 7) is 9.46. The van der Waals surface area contributed by atoms with Crippen LogP contribution >= 0.6 is 23.2 Å². The molecule has 2 aromatic carbocycles. The Morgan fingerprint density at radius 2 is 1.75 bits per heavy atom. The van der Waals surface area contributed by atoms with E-state index in [0.717, 1.165) is 44.5 Å². The quantitative estimate of drug-likeness (QED) is 0.427. The number of rotatable bonds is 10. The summed E-state index contributed by atoms with van der Waals surface area (Å²) in [5.74, 6) is 0.189. The molecule has 0 bridgehead atoms. The standard InChI is InChI=1S/C24H30Cl2N2/c1-4-28(16-13-20-9-6-5-7-10-20)15-8-14-24(18-27,19(2)3)21-11-12-22(25)23(26)17-21/h5-7,9-12,17,19H,4,8,13-16H2,1-3H3.